The second-order valence-electron chi connectivity index (χ2n) is 3.15. The average Bonchev–Trinajstić information content (AvgIpc) is 2.52. The van der Waals surface area contributed by atoms with Gasteiger partial charge in [0.2, 0.25) is 0 Å². The van der Waals surface area contributed by atoms with Crippen molar-refractivity contribution in [2.24, 2.45) is 0 Å². The number of aromatic nitrogens is 2. The first-order valence-electron chi connectivity index (χ1n) is 4.47. The van der Waals surface area contributed by atoms with E-state index in [1.807, 2.05) is 0 Å². The zero-order chi connectivity index (χ0) is 12.2. The summed E-state index contributed by atoms with van der Waals surface area (Å²) < 4.78 is 33.5. The molecule has 0 atom stereocenters. The summed E-state index contributed by atoms with van der Waals surface area (Å²) in [6.45, 7) is 1.08. The predicted molar refractivity (Wildman–Crippen MR) is 61.4 cm³/mol. The molecule has 0 fully saturated rings. The lowest BCUT2D eigenvalue weighted by molar-refractivity contribution is 0.183. The van der Waals surface area contributed by atoms with Crippen LogP contribution in [0, 0.1) is 0 Å². The first kappa shape index (κ1) is 13.6. The molecule has 0 saturated heterocycles. The van der Waals surface area contributed by atoms with Crippen LogP contribution in [-0.2, 0) is 32.2 Å². The fourth-order valence-corrected chi connectivity index (χ4v) is 1.75. The van der Waals surface area contributed by atoms with E-state index in [0.29, 0.717) is 23.3 Å². The van der Waals surface area contributed by atoms with Gasteiger partial charge < -0.3 is 4.74 Å². The third kappa shape index (κ3) is 4.60. The number of rotatable bonds is 6. The van der Waals surface area contributed by atoms with Gasteiger partial charge in [-0.25, -0.2) is 0 Å². The molecule has 0 aromatic carbocycles. The predicted octanol–water partition coefficient (Wildman–Crippen LogP) is 0.768. The van der Waals surface area contributed by atoms with Gasteiger partial charge in [0.05, 0.1) is 23.9 Å². The number of methoxy groups -OCH3 is 1. The van der Waals surface area contributed by atoms with Crippen LogP contribution in [0.1, 0.15) is 5.69 Å². The van der Waals surface area contributed by atoms with Crippen molar-refractivity contribution in [3.63, 3.8) is 0 Å². The van der Waals surface area contributed by atoms with E-state index in [0.717, 1.165) is 6.26 Å². The van der Waals surface area contributed by atoms with E-state index < -0.39 is 10.1 Å². The van der Waals surface area contributed by atoms with Crippen molar-refractivity contribution >= 4 is 26.0 Å². The highest BCUT2D eigenvalue weighted by atomic mass is 79.9. The second-order valence-corrected chi connectivity index (χ2v) is 5.64. The van der Waals surface area contributed by atoms with Gasteiger partial charge in [0.25, 0.3) is 10.1 Å². The zero-order valence-corrected chi connectivity index (χ0v) is 11.4. The SMILES string of the molecule is COCCn1cc(Br)c(COS(C)(=O)=O)n1. The third-order valence-corrected chi connectivity index (χ3v) is 2.93. The Labute approximate surface area is 103 Å². The molecule has 0 bridgehead atoms. The van der Waals surface area contributed by atoms with Crippen LogP contribution in [0.4, 0.5) is 0 Å². The summed E-state index contributed by atoms with van der Waals surface area (Å²) in [5, 5.41) is 4.15. The van der Waals surface area contributed by atoms with Crippen LogP contribution < -0.4 is 0 Å². The van der Waals surface area contributed by atoms with Crippen LogP contribution >= 0.6 is 15.9 Å². The van der Waals surface area contributed by atoms with Crippen molar-refractivity contribution in [1.82, 2.24) is 9.78 Å². The van der Waals surface area contributed by atoms with Crippen molar-refractivity contribution < 1.29 is 17.3 Å². The standard InChI is InChI=1S/C8H13BrN2O4S/c1-14-4-3-11-5-7(9)8(10-11)6-15-16(2,12)13/h5H,3-4,6H2,1-2H3. The van der Waals surface area contributed by atoms with Crippen molar-refractivity contribution in [3.8, 4) is 0 Å². The zero-order valence-electron chi connectivity index (χ0n) is 9.01. The van der Waals surface area contributed by atoms with Gasteiger partial charge in [-0.1, -0.05) is 0 Å². The van der Waals surface area contributed by atoms with E-state index in [9.17, 15) is 8.42 Å². The summed E-state index contributed by atoms with van der Waals surface area (Å²) in [7, 11) is -1.84. The maximum atomic E-state index is 10.8. The lowest BCUT2D eigenvalue weighted by Gasteiger charge is -1.99. The molecule has 0 unspecified atom stereocenters. The fraction of sp³-hybridized carbons (Fsp3) is 0.625. The van der Waals surface area contributed by atoms with E-state index in [1.165, 1.54) is 0 Å². The summed E-state index contributed by atoms with van der Waals surface area (Å²) in [6.07, 6.45) is 2.75. The highest BCUT2D eigenvalue weighted by Gasteiger charge is 2.10. The number of halogens is 1. The molecule has 1 heterocycles. The van der Waals surface area contributed by atoms with Crippen LogP contribution in [0.25, 0.3) is 0 Å². The van der Waals surface area contributed by atoms with Crippen LogP contribution in [0.2, 0.25) is 0 Å². The summed E-state index contributed by atoms with van der Waals surface area (Å²) in [6, 6.07) is 0. The fourth-order valence-electron chi connectivity index (χ4n) is 0.997. The minimum absolute atomic E-state index is 0.0700. The van der Waals surface area contributed by atoms with E-state index in [-0.39, 0.29) is 6.61 Å². The molecule has 0 aliphatic heterocycles. The van der Waals surface area contributed by atoms with Gasteiger partial charge in [0, 0.05) is 13.3 Å². The average molecular weight is 313 g/mol. The number of hydrogen-bond acceptors (Lipinski definition) is 5. The normalized spacial score (nSPS) is 11.9. The molecule has 0 aliphatic rings. The molecular weight excluding hydrogens is 300 g/mol. The Hall–Kier alpha value is -0.440. The summed E-state index contributed by atoms with van der Waals surface area (Å²) in [4.78, 5) is 0. The van der Waals surface area contributed by atoms with Crippen molar-refractivity contribution in [1.29, 1.82) is 0 Å². The lowest BCUT2D eigenvalue weighted by atomic mass is 10.5. The Morgan fingerprint density at radius 3 is 2.81 bits per heavy atom. The molecular formula is C8H13BrN2O4S. The van der Waals surface area contributed by atoms with Crippen LogP contribution in [-0.4, -0.2) is 38.2 Å². The number of nitrogens with zero attached hydrogens (tertiary/aromatic N) is 2. The maximum absolute atomic E-state index is 10.8. The molecule has 0 amide bonds. The van der Waals surface area contributed by atoms with Crippen molar-refractivity contribution in [2.75, 3.05) is 20.0 Å². The Kier molecular flexibility index (Phi) is 4.90. The highest BCUT2D eigenvalue weighted by Crippen LogP contribution is 2.16. The van der Waals surface area contributed by atoms with E-state index in [2.05, 4.69) is 25.2 Å². The van der Waals surface area contributed by atoms with Gasteiger partial charge in [-0.3, -0.25) is 8.86 Å². The van der Waals surface area contributed by atoms with Gasteiger partial charge in [-0.2, -0.15) is 13.5 Å². The van der Waals surface area contributed by atoms with Gasteiger partial charge in [-0.15, -0.1) is 0 Å². The highest BCUT2D eigenvalue weighted by molar-refractivity contribution is 9.10. The largest absolute Gasteiger partial charge is 0.383 e. The molecule has 1 aromatic heterocycles. The number of hydrogen-bond donors (Lipinski definition) is 0. The number of ether oxygens (including phenoxy) is 1. The van der Waals surface area contributed by atoms with Crippen LogP contribution in [0.5, 0.6) is 0 Å². The monoisotopic (exact) mass is 312 g/mol. The molecule has 6 nitrogen and oxygen atoms in total. The van der Waals surface area contributed by atoms with Crippen molar-refractivity contribution in [2.45, 2.75) is 13.2 Å². The van der Waals surface area contributed by atoms with Crippen molar-refractivity contribution in [3.05, 3.63) is 16.4 Å². The quantitative estimate of drug-likeness (QED) is 0.726. The molecule has 16 heavy (non-hydrogen) atoms. The van der Waals surface area contributed by atoms with Crippen LogP contribution in [0.3, 0.4) is 0 Å². The van der Waals surface area contributed by atoms with E-state index in [4.69, 9.17) is 4.74 Å². The third-order valence-electron chi connectivity index (χ3n) is 1.72. The molecule has 8 heteroatoms. The lowest BCUT2D eigenvalue weighted by Crippen LogP contribution is -2.07. The van der Waals surface area contributed by atoms with Gasteiger partial charge in [0.15, 0.2) is 0 Å². The smallest absolute Gasteiger partial charge is 0.264 e. The molecule has 0 aliphatic carbocycles. The maximum Gasteiger partial charge on any atom is 0.264 e. The molecule has 0 N–H and O–H groups in total. The van der Waals surface area contributed by atoms with Crippen LogP contribution in [0.15, 0.2) is 10.7 Å². The molecule has 0 saturated carbocycles. The summed E-state index contributed by atoms with van der Waals surface area (Å²) in [5.41, 5.74) is 0.543. The van der Waals surface area contributed by atoms with Gasteiger partial charge >= 0.3 is 0 Å². The first-order chi connectivity index (χ1) is 7.42. The molecule has 92 valence electrons. The summed E-state index contributed by atoms with van der Waals surface area (Å²) in [5.74, 6) is 0. The topological polar surface area (TPSA) is 70.4 Å². The molecule has 1 rings (SSSR count). The second kappa shape index (κ2) is 5.76. The molecule has 0 spiro atoms. The Morgan fingerprint density at radius 2 is 2.25 bits per heavy atom. The Balaban J connectivity index is 2.63. The first-order valence-corrected chi connectivity index (χ1v) is 7.08. The van der Waals surface area contributed by atoms with Gasteiger partial charge in [0.1, 0.15) is 12.3 Å². The summed E-state index contributed by atoms with van der Waals surface area (Å²) >= 11 is 3.28. The Morgan fingerprint density at radius 1 is 1.56 bits per heavy atom. The minimum Gasteiger partial charge on any atom is -0.383 e. The van der Waals surface area contributed by atoms with E-state index >= 15 is 0 Å². The van der Waals surface area contributed by atoms with Gasteiger partial charge in [-0.05, 0) is 15.9 Å². The molecule has 1 aromatic rings. The van der Waals surface area contributed by atoms with E-state index in [1.54, 1.807) is 18.0 Å². The minimum atomic E-state index is -3.44. The Bertz CT molecular complexity index is 443. The molecule has 0 radical (unpaired) electrons.